The monoisotopic (exact) mass is 292 g/mol. The van der Waals surface area contributed by atoms with Crippen LogP contribution < -0.4 is 0 Å². The van der Waals surface area contributed by atoms with E-state index in [0.717, 1.165) is 0 Å². The van der Waals surface area contributed by atoms with Crippen molar-refractivity contribution in [3.63, 3.8) is 0 Å². The first-order valence-electron chi connectivity index (χ1n) is 4.70. The summed E-state index contributed by atoms with van der Waals surface area (Å²) in [7, 11) is 0. The molecule has 1 aromatic carbocycles. The van der Waals surface area contributed by atoms with Crippen LogP contribution in [0.2, 0.25) is 0 Å². The average molecular weight is 292 g/mol. The van der Waals surface area contributed by atoms with E-state index in [4.69, 9.17) is 10.2 Å². The molecule has 1 rings (SSSR count). The molecular weight excluding hydrogens is 285 g/mol. The van der Waals surface area contributed by atoms with Crippen molar-refractivity contribution in [2.45, 2.75) is 24.6 Å². The normalized spacial score (nSPS) is 13.7. The van der Waals surface area contributed by atoms with Crippen LogP contribution in [-0.2, 0) is 12.2 Å². The second-order valence-electron chi connectivity index (χ2n) is 3.67. The summed E-state index contributed by atoms with van der Waals surface area (Å²) in [6, 6.07) is 0.592. The lowest BCUT2D eigenvalue weighted by Crippen LogP contribution is -2.54. The fraction of sp³-hybridized carbons (Fsp3) is 0.400. The van der Waals surface area contributed by atoms with E-state index in [-0.39, 0.29) is 12.1 Å². The number of aliphatic hydroxyl groups is 2. The van der Waals surface area contributed by atoms with Crippen molar-refractivity contribution in [2.75, 3.05) is 0 Å². The van der Waals surface area contributed by atoms with Crippen LogP contribution in [0, 0.1) is 5.82 Å². The van der Waals surface area contributed by atoms with Gasteiger partial charge in [-0.05, 0) is 12.1 Å². The van der Waals surface area contributed by atoms with Gasteiger partial charge in [0.1, 0.15) is 5.82 Å². The van der Waals surface area contributed by atoms with E-state index in [2.05, 4.69) is 0 Å². The van der Waals surface area contributed by atoms with E-state index >= 15 is 0 Å². The molecule has 0 heterocycles. The average Bonchev–Trinajstić information content (AvgIpc) is 2.25. The van der Waals surface area contributed by atoms with E-state index < -0.39 is 41.5 Å². The third kappa shape index (κ3) is 2.52. The number of halogens is 7. The molecule has 0 amide bonds. The van der Waals surface area contributed by atoms with Crippen LogP contribution in [0.5, 0.6) is 0 Å². The zero-order chi connectivity index (χ0) is 15.1. The molecular formula is C10H7F7O2. The van der Waals surface area contributed by atoms with Crippen LogP contribution in [-0.4, -0.2) is 22.6 Å². The maximum Gasteiger partial charge on any atom is 0.430 e. The minimum Gasteiger partial charge on any atom is -0.392 e. The molecule has 0 saturated heterocycles. The quantitative estimate of drug-likeness (QED) is 0.823. The summed E-state index contributed by atoms with van der Waals surface area (Å²) in [4.78, 5) is 0. The summed E-state index contributed by atoms with van der Waals surface area (Å²) in [5.41, 5.74) is -7.53. The van der Waals surface area contributed by atoms with Gasteiger partial charge in [-0.25, -0.2) is 4.39 Å². The number of rotatable bonds is 2. The summed E-state index contributed by atoms with van der Waals surface area (Å²) < 4.78 is 87.9. The highest BCUT2D eigenvalue weighted by atomic mass is 19.4. The van der Waals surface area contributed by atoms with E-state index in [9.17, 15) is 30.7 Å². The Hall–Kier alpha value is -1.35. The number of aliphatic hydroxyl groups excluding tert-OH is 1. The van der Waals surface area contributed by atoms with Crippen molar-refractivity contribution in [3.05, 3.63) is 35.1 Å². The fourth-order valence-corrected chi connectivity index (χ4v) is 1.41. The Labute approximate surface area is 102 Å². The van der Waals surface area contributed by atoms with E-state index in [1.165, 1.54) is 0 Å². The van der Waals surface area contributed by atoms with Gasteiger partial charge < -0.3 is 10.2 Å². The maximum absolute atomic E-state index is 12.9. The smallest absolute Gasteiger partial charge is 0.392 e. The predicted octanol–water partition coefficient (Wildman–Crippen LogP) is 2.63. The van der Waals surface area contributed by atoms with Gasteiger partial charge in [0.2, 0.25) is 0 Å². The molecule has 9 heteroatoms. The number of benzene rings is 1. The molecule has 0 bridgehead atoms. The van der Waals surface area contributed by atoms with Gasteiger partial charge in [-0.2, -0.15) is 26.3 Å². The highest BCUT2D eigenvalue weighted by Crippen LogP contribution is 2.50. The van der Waals surface area contributed by atoms with Crippen molar-refractivity contribution in [1.82, 2.24) is 0 Å². The summed E-state index contributed by atoms with van der Waals surface area (Å²) in [5.74, 6) is -1.18. The molecule has 0 aromatic heterocycles. The van der Waals surface area contributed by atoms with Crippen LogP contribution in [0.15, 0.2) is 18.2 Å². The molecule has 0 aliphatic heterocycles. The Bertz CT molecular complexity index is 450. The van der Waals surface area contributed by atoms with Crippen molar-refractivity contribution in [1.29, 1.82) is 0 Å². The molecule has 0 fully saturated rings. The first kappa shape index (κ1) is 15.7. The van der Waals surface area contributed by atoms with Crippen LogP contribution in [0.4, 0.5) is 30.7 Å². The predicted molar refractivity (Wildman–Crippen MR) is 48.3 cm³/mol. The molecule has 2 N–H and O–H groups in total. The molecule has 1 aromatic rings. The zero-order valence-corrected chi connectivity index (χ0v) is 8.98. The van der Waals surface area contributed by atoms with Gasteiger partial charge in [-0.15, -0.1) is 0 Å². The van der Waals surface area contributed by atoms with Crippen LogP contribution in [0.3, 0.4) is 0 Å². The second-order valence-corrected chi connectivity index (χ2v) is 3.67. The van der Waals surface area contributed by atoms with Gasteiger partial charge in [0.05, 0.1) is 6.61 Å². The minimum absolute atomic E-state index is 0.121. The van der Waals surface area contributed by atoms with E-state index in [0.29, 0.717) is 6.07 Å². The maximum atomic E-state index is 12.9. The molecule has 0 aliphatic rings. The fourth-order valence-electron chi connectivity index (χ4n) is 1.41. The van der Waals surface area contributed by atoms with Crippen molar-refractivity contribution < 1.29 is 40.9 Å². The van der Waals surface area contributed by atoms with Crippen LogP contribution >= 0.6 is 0 Å². The lowest BCUT2D eigenvalue weighted by atomic mass is 9.91. The summed E-state index contributed by atoms with van der Waals surface area (Å²) in [6.45, 7) is -1.11. The first-order chi connectivity index (χ1) is 8.45. The van der Waals surface area contributed by atoms with Gasteiger partial charge in [0.25, 0.3) is 5.60 Å². The molecule has 0 spiro atoms. The number of alkyl halides is 6. The SMILES string of the molecule is OCc1cc(C(O)(C(F)(F)F)C(F)(F)F)ccc1F. The standard InChI is InChI=1S/C10H7F7O2/c11-7-2-1-6(3-5(7)4-18)8(19,9(12,13)14)10(15,16)17/h1-3,18-19H,4H2. The first-order valence-corrected chi connectivity index (χ1v) is 4.70. The lowest BCUT2D eigenvalue weighted by molar-refractivity contribution is -0.376. The minimum atomic E-state index is -6.05. The lowest BCUT2D eigenvalue weighted by Gasteiger charge is -2.32. The summed E-state index contributed by atoms with van der Waals surface area (Å²) in [5, 5.41) is 17.6. The molecule has 19 heavy (non-hydrogen) atoms. The van der Waals surface area contributed by atoms with E-state index in [1.54, 1.807) is 0 Å². The molecule has 0 radical (unpaired) electrons. The zero-order valence-electron chi connectivity index (χ0n) is 8.98. The summed E-state index contributed by atoms with van der Waals surface area (Å²) in [6.07, 6.45) is -12.1. The molecule has 0 atom stereocenters. The highest BCUT2D eigenvalue weighted by Gasteiger charge is 2.71. The largest absolute Gasteiger partial charge is 0.430 e. The molecule has 0 saturated carbocycles. The van der Waals surface area contributed by atoms with Crippen LogP contribution in [0.25, 0.3) is 0 Å². The van der Waals surface area contributed by atoms with Crippen molar-refractivity contribution >= 4 is 0 Å². The van der Waals surface area contributed by atoms with Gasteiger partial charge >= 0.3 is 12.4 Å². The summed E-state index contributed by atoms with van der Waals surface area (Å²) >= 11 is 0. The Morgan fingerprint density at radius 1 is 0.947 bits per heavy atom. The Morgan fingerprint density at radius 2 is 1.42 bits per heavy atom. The third-order valence-electron chi connectivity index (χ3n) is 2.45. The molecule has 0 aliphatic carbocycles. The van der Waals surface area contributed by atoms with Gasteiger partial charge in [0.15, 0.2) is 0 Å². The Morgan fingerprint density at radius 3 is 1.79 bits per heavy atom. The van der Waals surface area contributed by atoms with E-state index in [1.807, 2.05) is 0 Å². The van der Waals surface area contributed by atoms with Gasteiger partial charge in [-0.3, -0.25) is 0 Å². The Kier molecular flexibility index (Phi) is 3.83. The molecule has 108 valence electrons. The molecule has 0 unspecified atom stereocenters. The van der Waals surface area contributed by atoms with Gasteiger partial charge in [-0.1, -0.05) is 6.07 Å². The van der Waals surface area contributed by atoms with Gasteiger partial charge in [0, 0.05) is 11.1 Å². The highest BCUT2D eigenvalue weighted by molar-refractivity contribution is 5.32. The number of hydrogen-bond acceptors (Lipinski definition) is 2. The third-order valence-corrected chi connectivity index (χ3v) is 2.45. The topological polar surface area (TPSA) is 40.5 Å². The van der Waals surface area contributed by atoms with Crippen molar-refractivity contribution in [2.24, 2.45) is 0 Å². The number of hydrogen-bond donors (Lipinski definition) is 2. The van der Waals surface area contributed by atoms with Crippen LogP contribution in [0.1, 0.15) is 11.1 Å². The molecule has 2 nitrogen and oxygen atoms in total. The second kappa shape index (κ2) is 4.64. The van der Waals surface area contributed by atoms with Crippen molar-refractivity contribution in [3.8, 4) is 0 Å². The Balaban J connectivity index is 3.52.